The molecule has 1 atom stereocenters. The van der Waals surface area contributed by atoms with Gasteiger partial charge in [-0.25, -0.2) is 13.1 Å². The lowest BCUT2D eigenvalue weighted by Gasteiger charge is -2.21. The lowest BCUT2D eigenvalue weighted by Crippen LogP contribution is -2.39. The predicted molar refractivity (Wildman–Crippen MR) is 80.2 cm³/mol. The summed E-state index contributed by atoms with van der Waals surface area (Å²) in [5, 5.41) is 0.564. The first-order valence-corrected chi connectivity index (χ1v) is 9.02. The van der Waals surface area contributed by atoms with Crippen LogP contribution < -0.4 is 14.2 Å². The van der Waals surface area contributed by atoms with Crippen molar-refractivity contribution in [1.29, 1.82) is 0 Å². The van der Waals surface area contributed by atoms with E-state index in [0.717, 1.165) is 0 Å². The van der Waals surface area contributed by atoms with Crippen LogP contribution >= 0.6 is 15.9 Å². The van der Waals surface area contributed by atoms with E-state index in [-0.39, 0.29) is 16.9 Å². The van der Waals surface area contributed by atoms with E-state index in [4.69, 9.17) is 9.47 Å². The highest BCUT2D eigenvalue weighted by molar-refractivity contribution is 9.09. The monoisotopic (exact) mass is 363 g/mol. The highest BCUT2D eigenvalue weighted by Gasteiger charge is 2.23. The Labute approximate surface area is 127 Å². The Hall–Kier alpha value is -0.790. The summed E-state index contributed by atoms with van der Waals surface area (Å²) in [4.78, 5) is 0.188. The van der Waals surface area contributed by atoms with Gasteiger partial charge in [0.1, 0.15) is 13.2 Å². The Morgan fingerprint density at radius 2 is 1.90 bits per heavy atom. The largest absolute Gasteiger partial charge is 0.486 e. The summed E-state index contributed by atoms with van der Waals surface area (Å²) >= 11 is 3.33. The maximum atomic E-state index is 12.4. The van der Waals surface area contributed by atoms with E-state index in [1.807, 2.05) is 13.8 Å². The van der Waals surface area contributed by atoms with Crippen molar-refractivity contribution in [3.8, 4) is 11.5 Å². The fourth-order valence-corrected chi connectivity index (χ4v) is 4.33. The van der Waals surface area contributed by atoms with Gasteiger partial charge in [0.2, 0.25) is 10.0 Å². The van der Waals surface area contributed by atoms with Crippen molar-refractivity contribution in [2.45, 2.75) is 24.8 Å². The molecule has 0 saturated carbocycles. The molecule has 1 aliphatic heterocycles. The van der Waals surface area contributed by atoms with Crippen LogP contribution in [0.15, 0.2) is 23.1 Å². The average Bonchev–Trinajstić information content (AvgIpc) is 2.44. The van der Waals surface area contributed by atoms with Crippen LogP contribution in [0.2, 0.25) is 0 Å². The van der Waals surface area contributed by atoms with E-state index in [1.54, 1.807) is 6.07 Å². The molecule has 2 rings (SSSR count). The molecule has 5 nitrogen and oxygen atoms in total. The minimum Gasteiger partial charge on any atom is -0.486 e. The lowest BCUT2D eigenvalue weighted by atomic mass is 10.1. The number of benzene rings is 1. The van der Waals surface area contributed by atoms with E-state index in [1.165, 1.54) is 12.1 Å². The predicted octanol–water partition coefficient (Wildman–Crippen LogP) is 2.16. The zero-order valence-corrected chi connectivity index (χ0v) is 13.8. The van der Waals surface area contributed by atoms with Gasteiger partial charge in [0.05, 0.1) is 4.90 Å². The molecular formula is C13H18BrNO4S. The topological polar surface area (TPSA) is 64.6 Å². The molecule has 1 heterocycles. The molecule has 20 heavy (non-hydrogen) atoms. The van der Waals surface area contributed by atoms with Gasteiger partial charge in [-0.2, -0.15) is 0 Å². The van der Waals surface area contributed by atoms with Gasteiger partial charge in [-0.3, -0.25) is 0 Å². The Kier molecular flexibility index (Phi) is 4.93. The molecule has 7 heteroatoms. The minimum atomic E-state index is -3.57. The van der Waals surface area contributed by atoms with Crippen LogP contribution in [0.1, 0.15) is 13.8 Å². The van der Waals surface area contributed by atoms with Crippen molar-refractivity contribution < 1.29 is 17.9 Å². The standard InChI is InChI=1S/C13H18BrNO4S/c1-9(2)11(8-14)15-20(16,17)10-3-4-12-13(7-10)19-6-5-18-12/h3-4,7,9,11,15H,5-6,8H2,1-2H3. The molecular weight excluding hydrogens is 346 g/mol. The maximum absolute atomic E-state index is 12.4. The first-order chi connectivity index (χ1) is 9.44. The summed E-state index contributed by atoms with van der Waals surface area (Å²) < 4.78 is 38.2. The smallest absolute Gasteiger partial charge is 0.240 e. The van der Waals surface area contributed by atoms with Crippen molar-refractivity contribution in [1.82, 2.24) is 4.72 Å². The maximum Gasteiger partial charge on any atom is 0.240 e. The van der Waals surface area contributed by atoms with E-state index in [2.05, 4.69) is 20.7 Å². The third-order valence-electron chi connectivity index (χ3n) is 3.10. The van der Waals surface area contributed by atoms with E-state index >= 15 is 0 Å². The molecule has 0 fully saturated rings. The van der Waals surface area contributed by atoms with Crippen LogP contribution in [0.4, 0.5) is 0 Å². The summed E-state index contributed by atoms with van der Waals surface area (Å²) in [6.07, 6.45) is 0. The second-order valence-electron chi connectivity index (χ2n) is 4.93. The molecule has 1 aliphatic rings. The highest BCUT2D eigenvalue weighted by Crippen LogP contribution is 2.32. The summed E-state index contributed by atoms with van der Waals surface area (Å²) in [6.45, 7) is 4.85. The van der Waals surface area contributed by atoms with Gasteiger partial charge in [0, 0.05) is 17.4 Å². The summed E-state index contributed by atoms with van der Waals surface area (Å²) in [5.41, 5.74) is 0. The lowest BCUT2D eigenvalue weighted by molar-refractivity contribution is 0.171. The first-order valence-electron chi connectivity index (χ1n) is 6.42. The SMILES string of the molecule is CC(C)C(CBr)NS(=O)(=O)c1ccc2c(c1)OCCO2. The zero-order chi connectivity index (χ0) is 14.8. The quantitative estimate of drug-likeness (QED) is 0.814. The van der Waals surface area contributed by atoms with Gasteiger partial charge in [0.25, 0.3) is 0 Å². The molecule has 0 aliphatic carbocycles. The third kappa shape index (κ3) is 3.45. The summed E-state index contributed by atoms with van der Waals surface area (Å²) in [5.74, 6) is 1.25. The first kappa shape index (κ1) is 15.6. The molecule has 1 N–H and O–H groups in total. The number of rotatable bonds is 5. The number of sulfonamides is 1. The van der Waals surface area contributed by atoms with Crippen LogP contribution in [0.25, 0.3) is 0 Å². The summed E-state index contributed by atoms with van der Waals surface area (Å²) in [7, 11) is -3.57. The fraction of sp³-hybridized carbons (Fsp3) is 0.538. The van der Waals surface area contributed by atoms with Crippen molar-refractivity contribution >= 4 is 26.0 Å². The number of hydrogen-bond acceptors (Lipinski definition) is 4. The molecule has 0 saturated heterocycles. The van der Waals surface area contributed by atoms with Crippen LogP contribution in [-0.2, 0) is 10.0 Å². The van der Waals surface area contributed by atoms with Gasteiger partial charge >= 0.3 is 0 Å². The second-order valence-corrected chi connectivity index (χ2v) is 7.29. The Balaban J connectivity index is 2.25. The minimum absolute atomic E-state index is 0.159. The van der Waals surface area contributed by atoms with Gasteiger partial charge in [-0.05, 0) is 18.1 Å². The molecule has 0 spiro atoms. The van der Waals surface area contributed by atoms with Gasteiger partial charge in [0.15, 0.2) is 11.5 Å². The van der Waals surface area contributed by atoms with E-state index < -0.39 is 10.0 Å². The van der Waals surface area contributed by atoms with Gasteiger partial charge in [-0.15, -0.1) is 0 Å². The molecule has 1 aromatic rings. The number of halogens is 1. The van der Waals surface area contributed by atoms with Gasteiger partial charge in [-0.1, -0.05) is 29.8 Å². The number of ether oxygens (including phenoxy) is 2. The van der Waals surface area contributed by atoms with Crippen LogP contribution in [0.5, 0.6) is 11.5 Å². The molecule has 112 valence electrons. The van der Waals surface area contributed by atoms with Crippen LogP contribution in [0.3, 0.4) is 0 Å². The highest BCUT2D eigenvalue weighted by atomic mass is 79.9. The molecule has 1 unspecified atom stereocenters. The Bertz CT molecular complexity index is 574. The fourth-order valence-electron chi connectivity index (χ4n) is 1.80. The van der Waals surface area contributed by atoms with Gasteiger partial charge < -0.3 is 9.47 Å². The van der Waals surface area contributed by atoms with E-state index in [0.29, 0.717) is 30.0 Å². The van der Waals surface area contributed by atoms with E-state index in [9.17, 15) is 8.42 Å². The molecule has 0 radical (unpaired) electrons. The van der Waals surface area contributed by atoms with Crippen molar-refractivity contribution in [3.05, 3.63) is 18.2 Å². The number of fused-ring (bicyclic) bond motifs is 1. The number of alkyl halides is 1. The van der Waals surface area contributed by atoms with Crippen molar-refractivity contribution in [2.75, 3.05) is 18.5 Å². The van der Waals surface area contributed by atoms with Crippen molar-refractivity contribution in [3.63, 3.8) is 0 Å². The molecule has 0 bridgehead atoms. The van der Waals surface area contributed by atoms with Crippen LogP contribution in [-0.4, -0.2) is 33.0 Å². The molecule has 0 amide bonds. The Morgan fingerprint density at radius 3 is 2.50 bits per heavy atom. The molecule has 1 aromatic carbocycles. The normalized spacial score (nSPS) is 16.2. The average molecular weight is 364 g/mol. The number of hydrogen-bond donors (Lipinski definition) is 1. The van der Waals surface area contributed by atoms with Crippen LogP contribution in [0, 0.1) is 5.92 Å². The third-order valence-corrected chi connectivity index (χ3v) is 5.29. The number of nitrogens with one attached hydrogen (secondary N) is 1. The molecule has 0 aromatic heterocycles. The Morgan fingerprint density at radius 1 is 1.25 bits per heavy atom. The second kappa shape index (κ2) is 6.32. The van der Waals surface area contributed by atoms with Crippen molar-refractivity contribution in [2.24, 2.45) is 5.92 Å². The summed E-state index contributed by atoms with van der Waals surface area (Å²) in [6, 6.07) is 4.50. The zero-order valence-electron chi connectivity index (χ0n) is 11.4.